The topological polar surface area (TPSA) is 106 Å². The number of non-ortho nitro benzene ring substituents is 1. The van der Waals surface area contributed by atoms with E-state index in [1.165, 1.54) is 12.1 Å². The summed E-state index contributed by atoms with van der Waals surface area (Å²) < 4.78 is 12.8. The summed E-state index contributed by atoms with van der Waals surface area (Å²) in [6, 6.07) is 6.74. The highest BCUT2D eigenvalue weighted by atomic mass is 35.5. The Hall–Kier alpha value is -3.18. The highest BCUT2D eigenvalue weighted by Crippen LogP contribution is 2.46. The van der Waals surface area contributed by atoms with Crippen molar-refractivity contribution in [2.75, 3.05) is 57.8 Å². The van der Waals surface area contributed by atoms with Gasteiger partial charge in [-0.2, -0.15) is 9.97 Å². The van der Waals surface area contributed by atoms with Crippen LogP contribution in [0.1, 0.15) is 38.2 Å². The minimum absolute atomic E-state index is 0. The van der Waals surface area contributed by atoms with E-state index in [0.29, 0.717) is 45.4 Å². The van der Waals surface area contributed by atoms with Crippen molar-refractivity contribution in [2.45, 2.75) is 38.7 Å². The van der Waals surface area contributed by atoms with Crippen molar-refractivity contribution in [1.29, 1.82) is 0 Å². The van der Waals surface area contributed by atoms with Gasteiger partial charge < -0.3 is 24.6 Å². The number of fused-ring (bicyclic) bond motifs is 1. The summed E-state index contributed by atoms with van der Waals surface area (Å²) in [5.41, 5.74) is 2.75. The number of aromatic nitrogens is 2. The molecule has 2 aromatic carbocycles. The highest BCUT2D eigenvalue weighted by molar-refractivity contribution is 6.33. The minimum atomic E-state index is -0.427. The Morgan fingerprint density at radius 1 is 1.19 bits per heavy atom. The molecule has 12 heteroatoms. The fourth-order valence-electron chi connectivity index (χ4n) is 6.33. The molecular weight excluding hydrogens is 591 g/mol. The molecule has 3 fully saturated rings. The number of nitrogens with one attached hydrogen (secondary N) is 1. The first kappa shape index (κ1) is 31.3. The number of hydrogen-bond acceptors (Lipinski definition) is 9. The Labute approximate surface area is 263 Å². The van der Waals surface area contributed by atoms with Crippen molar-refractivity contribution in [3.05, 3.63) is 51.5 Å². The van der Waals surface area contributed by atoms with E-state index in [1.807, 2.05) is 13.0 Å². The van der Waals surface area contributed by atoms with Crippen LogP contribution in [-0.2, 0) is 0 Å². The van der Waals surface area contributed by atoms with Gasteiger partial charge >= 0.3 is 6.01 Å². The number of likely N-dealkylation sites (tertiary alicyclic amines) is 1. The van der Waals surface area contributed by atoms with Crippen molar-refractivity contribution in [2.24, 2.45) is 5.41 Å². The molecular formula is C31H38Cl2N6O4. The number of benzene rings is 2. The van der Waals surface area contributed by atoms with Crippen LogP contribution >= 0.6 is 24.0 Å². The Kier molecular flexibility index (Phi) is 9.31. The molecule has 3 aliphatic heterocycles. The third-order valence-corrected chi connectivity index (χ3v) is 9.27. The molecule has 0 atom stereocenters. The molecule has 0 aliphatic carbocycles. The zero-order valence-electron chi connectivity index (χ0n) is 24.6. The van der Waals surface area contributed by atoms with Crippen LogP contribution in [0.3, 0.4) is 0 Å². The van der Waals surface area contributed by atoms with Gasteiger partial charge in [-0.25, -0.2) is 0 Å². The van der Waals surface area contributed by atoms with E-state index in [9.17, 15) is 10.1 Å². The normalized spacial score (nSPS) is 18.6. The molecule has 3 aliphatic rings. The Balaban J connectivity index is 0.00000368. The van der Waals surface area contributed by atoms with Crippen LogP contribution in [-0.4, -0.2) is 78.8 Å². The molecule has 1 spiro atoms. The summed E-state index contributed by atoms with van der Waals surface area (Å²) in [7, 11) is 2.12. The van der Waals surface area contributed by atoms with Gasteiger partial charge in [0.1, 0.15) is 17.4 Å². The Morgan fingerprint density at radius 2 is 1.91 bits per heavy atom. The summed E-state index contributed by atoms with van der Waals surface area (Å²) in [6.45, 7) is 12.1. The van der Waals surface area contributed by atoms with Crippen LogP contribution < -0.4 is 19.7 Å². The second kappa shape index (κ2) is 12.8. The number of hydrogen-bond donors (Lipinski definition) is 1. The average Bonchev–Trinajstić information content (AvgIpc) is 2.97. The average molecular weight is 630 g/mol. The highest BCUT2D eigenvalue weighted by Gasteiger charge is 2.40. The fourth-order valence-corrected chi connectivity index (χ4v) is 6.55. The van der Waals surface area contributed by atoms with Crippen molar-refractivity contribution in [3.8, 4) is 22.9 Å². The molecule has 230 valence electrons. The third kappa shape index (κ3) is 6.11. The number of halogens is 2. The van der Waals surface area contributed by atoms with Crippen LogP contribution in [0.2, 0.25) is 5.02 Å². The number of rotatable bonds is 8. The molecule has 0 amide bonds. The zero-order valence-corrected chi connectivity index (χ0v) is 26.2. The molecule has 43 heavy (non-hydrogen) atoms. The van der Waals surface area contributed by atoms with Gasteiger partial charge in [0.15, 0.2) is 5.75 Å². The number of anilines is 1. The number of piperidine rings is 2. The summed E-state index contributed by atoms with van der Waals surface area (Å²) in [5.74, 6) is 1.30. The van der Waals surface area contributed by atoms with E-state index in [-0.39, 0.29) is 24.2 Å². The molecule has 6 rings (SSSR count). The molecule has 0 unspecified atom stereocenters. The van der Waals surface area contributed by atoms with Gasteiger partial charge in [-0.05, 0) is 62.8 Å². The summed E-state index contributed by atoms with van der Waals surface area (Å²) in [6.07, 6.45) is 5.72. The van der Waals surface area contributed by atoms with E-state index in [2.05, 4.69) is 28.7 Å². The number of nitro benzene ring substituents is 1. The van der Waals surface area contributed by atoms with Crippen LogP contribution in [0.15, 0.2) is 30.8 Å². The van der Waals surface area contributed by atoms with Crippen molar-refractivity contribution >= 4 is 52.5 Å². The van der Waals surface area contributed by atoms with E-state index in [1.54, 1.807) is 12.1 Å². The molecule has 4 heterocycles. The third-order valence-electron chi connectivity index (χ3n) is 8.94. The van der Waals surface area contributed by atoms with Crippen molar-refractivity contribution in [1.82, 2.24) is 20.2 Å². The first-order valence-corrected chi connectivity index (χ1v) is 15.1. The monoisotopic (exact) mass is 628 g/mol. The maximum Gasteiger partial charge on any atom is 0.319 e. The van der Waals surface area contributed by atoms with Gasteiger partial charge in [-0.3, -0.25) is 10.1 Å². The molecule has 10 nitrogen and oxygen atoms in total. The van der Waals surface area contributed by atoms with Crippen molar-refractivity contribution < 1.29 is 14.4 Å². The lowest BCUT2D eigenvalue weighted by atomic mass is 9.73. The molecule has 1 aromatic heterocycles. The lowest BCUT2D eigenvalue weighted by Crippen LogP contribution is -2.58. The molecule has 3 saturated heterocycles. The largest absolute Gasteiger partial charge is 0.491 e. The number of nitrogens with zero attached hydrogens (tertiary/aromatic N) is 5. The smallest absolute Gasteiger partial charge is 0.319 e. The van der Waals surface area contributed by atoms with Gasteiger partial charge in [0.2, 0.25) is 0 Å². The van der Waals surface area contributed by atoms with Crippen LogP contribution in [0.4, 0.5) is 11.5 Å². The molecule has 0 saturated carbocycles. The number of nitro groups is 1. The van der Waals surface area contributed by atoms with E-state index in [4.69, 9.17) is 31.0 Å². The lowest BCUT2D eigenvalue weighted by molar-refractivity contribution is -0.384. The zero-order chi connectivity index (χ0) is 29.4. The van der Waals surface area contributed by atoms with Crippen molar-refractivity contribution in [3.63, 3.8) is 0 Å². The predicted molar refractivity (Wildman–Crippen MR) is 173 cm³/mol. The van der Waals surface area contributed by atoms with E-state index in [0.717, 1.165) is 81.7 Å². The number of ether oxygens (including phenoxy) is 2. The van der Waals surface area contributed by atoms with Gasteiger partial charge in [0, 0.05) is 72.9 Å². The summed E-state index contributed by atoms with van der Waals surface area (Å²) >= 11 is 6.67. The molecule has 0 radical (unpaired) electrons. The second-order valence-electron chi connectivity index (χ2n) is 11.7. The van der Waals surface area contributed by atoms with Gasteiger partial charge in [-0.15, -0.1) is 12.4 Å². The second-order valence-corrected chi connectivity index (χ2v) is 12.1. The first-order chi connectivity index (χ1) is 20.3. The first-order valence-electron chi connectivity index (χ1n) is 14.7. The Bertz CT molecular complexity index is 1510. The van der Waals surface area contributed by atoms with E-state index >= 15 is 0 Å². The van der Waals surface area contributed by atoms with E-state index < -0.39 is 4.92 Å². The standard InChI is InChI=1S/C31H37ClN6O4.ClH/c1-4-20-16-24-27(28(41-5-2)26(20)23-17-21(38(39)40)6-7-25(23)32)34-30(42-22-8-12-36(3)13-9-22)35-29(24)37-14-10-31(11-15-37)18-33-19-31;/h4,6-7,16-17,22,33H,1,5,8-15,18-19H2,2-3H3;1H. The molecule has 0 bridgehead atoms. The summed E-state index contributed by atoms with van der Waals surface area (Å²) in [4.78, 5) is 25.8. The van der Waals surface area contributed by atoms with Gasteiger partial charge in [0.05, 0.1) is 11.5 Å². The maximum atomic E-state index is 11.7. The predicted octanol–water partition coefficient (Wildman–Crippen LogP) is 5.98. The quantitative estimate of drug-likeness (QED) is 0.238. The van der Waals surface area contributed by atoms with Gasteiger partial charge in [0.25, 0.3) is 5.69 Å². The van der Waals surface area contributed by atoms with Gasteiger partial charge in [-0.1, -0.05) is 24.3 Å². The van der Waals surface area contributed by atoms with Crippen LogP contribution in [0.5, 0.6) is 11.8 Å². The minimum Gasteiger partial charge on any atom is -0.491 e. The lowest BCUT2D eigenvalue weighted by Gasteiger charge is -2.48. The van der Waals surface area contributed by atoms with Crippen LogP contribution in [0, 0.1) is 15.5 Å². The Morgan fingerprint density at radius 3 is 2.51 bits per heavy atom. The fraction of sp³-hybridized carbons (Fsp3) is 0.484. The molecule has 3 aromatic rings. The van der Waals surface area contributed by atoms with Crippen LogP contribution in [0.25, 0.3) is 28.1 Å². The SMILES string of the molecule is C=Cc1cc2c(N3CCC4(CC3)CNC4)nc(OC3CCN(C)CC3)nc2c(OCC)c1-c1cc([N+](=O)[O-])ccc1Cl.Cl. The molecule has 1 N–H and O–H groups in total. The summed E-state index contributed by atoms with van der Waals surface area (Å²) in [5, 5.41) is 16.3. The maximum absolute atomic E-state index is 11.7.